The summed E-state index contributed by atoms with van der Waals surface area (Å²) in [6.07, 6.45) is 5.19. The van der Waals surface area contributed by atoms with Crippen molar-refractivity contribution in [3.05, 3.63) is 35.6 Å². The smallest absolute Gasteiger partial charge is 0.220 e. The third-order valence-corrected chi connectivity index (χ3v) is 3.84. The minimum absolute atomic E-state index is 0.0386. The van der Waals surface area contributed by atoms with Crippen molar-refractivity contribution in [1.29, 1.82) is 0 Å². The van der Waals surface area contributed by atoms with Crippen LogP contribution in [0.2, 0.25) is 0 Å². The summed E-state index contributed by atoms with van der Waals surface area (Å²) >= 11 is 0. The molecule has 2 rings (SSSR count). The molecule has 4 heteroatoms. The van der Waals surface area contributed by atoms with Crippen LogP contribution < -0.4 is 11.1 Å². The summed E-state index contributed by atoms with van der Waals surface area (Å²) in [6, 6.07) is 6.48. The minimum atomic E-state index is -0.306. The number of rotatable bonds is 5. The minimum Gasteiger partial charge on any atom is -0.347 e. The first-order valence-corrected chi connectivity index (χ1v) is 6.93. The van der Waals surface area contributed by atoms with Gasteiger partial charge >= 0.3 is 0 Å². The third-order valence-electron chi connectivity index (χ3n) is 3.84. The van der Waals surface area contributed by atoms with Gasteiger partial charge in [0, 0.05) is 6.42 Å². The summed E-state index contributed by atoms with van der Waals surface area (Å²) < 4.78 is 13.0. The van der Waals surface area contributed by atoms with Crippen LogP contribution in [-0.2, 0) is 10.3 Å². The van der Waals surface area contributed by atoms with Crippen molar-refractivity contribution in [2.24, 2.45) is 5.73 Å². The van der Waals surface area contributed by atoms with Crippen molar-refractivity contribution in [1.82, 2.24) is 5.32 Å². The van der Waals surface area contributed by atoms with Gasteiger partial charge in [-0.1, -0.05) is 25.0 Å². The molecule has 1 aromatic carbocycles. The topological polar surface area (TPSA) is 55.1 Å². The largest absolute Gasteiger partial charge is 0.347 e. The zero-order valence-corrected chi connectivity index (χ0v) is 11.1. The molecule has 0 bridgehead atoms. The zero-order chi connectivity index (χ0) is 13.7. The molecule has 1 aliphatic carbocycles. The lowest BCUT2D eigenvalue weighted by atomic mass is 9.88. The van der Waals surface area contributed by atoms with Crippen LogP contribution in [0.25, 0.3) is 0 Å². The Morgan fingerprint density at radius 3 is 2.47 bits per heavy atom. The number of benzene rings is 1. The van der Waals surface area contributed by atoms with Gasteiger partial charge in [0.25, 0.3) is 0 Å². The number of hydrogen-bond donors (Lipinski definition) is 2. The Kier molecular flexibility index (Phi) is 4.53. The van der Waals surface area contributed by atoms with Gasteiger partial charge in [0.2, 0.25) is 5.91 Å². The van der Waals surface area contributed by atoms with E-state index in [9.17, 15) is 9.18 Å². The van der Waals surface area contributed by atoms with Crippen molar-refractivity contribution in [2.45, 2.75) is 44.1 Å². The van der Waals surface area contributed by atoms with E-state index in [1.165, 1.54) is 12.1 Å². The fourth-order valence-corrected chi connectivity index (χ4v) is 2.83. The van der Waals surface area contributed by atoms with E-state index in [-0.39, 0.29) is 17.3 Å². The molecule has 1 amide bonds. The van der Waals surface area contributed by atoms with Crippen LogP contribution in [0.4, 0.5) is 4.39 Å². The normalized spacial score (nSPS) is 17.4. The monoisotopic (exact) mass is 264 g/mol. The fourth-order valence-electron chi connectivity index (χ4n) is 2.83. The summed E-state index contributed by atoms with van der Waals surface area (Å²) in [4.78, 5) is 12.0. The van der Waals surface area contributed by atoms with E-state index in [2.05, 4.69) is 5.32 Å². The number of amides is 1. The second kappa shape index (κ2) is 6.15. The quantitative estimate of drug-likeness (QED) is 0.858. The highest BCUT2D eigenvalue weighted by Crippen LogP contribution is 2.38. The molecule has 0 unspecified atom stereocenters. The number of hydrogen-bond acceptors (Lipinski definition) is 2. The first-order valence-electron chi connectivity index (χ1n) is 6.93. The van der Waals surface area contributed by atoms with Crippen molar-refractivity contribution in [2.75, 3.05) is 6.54 Å². The molecule has 104 valence electrons. The molecular formula is C15H21FN2O. The van der Waals surface area contributed by atoms with Crippen molar-refractivity contribution in [3.8, 4) is 0 Å². The molecule has 3 nitrogen and oxygen atoms in total. The van der Waals surface area contributed by atoms with E-state index in [1.807, 2.05) is 0 Å². The van der Waals surface area contributed by atoms with Crippen LogP contribution >= 0.6 is 0 Å². The average Bonchev–Trinajstić information content (AvgIpc) is 2.86. The number of carbonyl (C=O) groups excluding carboxylic acids is 1. The summed E-state index contributed by atoms with van der Waals surface area (Å²) in [7, 11) is 0. The lowest BCUT2D eigenvalue weighted by molar-refractivity contribution is -0.123. The highest BCUT2D eigenvalue weighted by Gasteiger charge is 2.36. The number of halogens is 1. The maximum absolute atomic E-state index is 13.0. The highest BCUT2D eigenvalue weighted by atomic mass is 19.1. The molecule has 1 fully saturated rings. The van der Waals surface area contributed by atoms with Gasteiger partial charge in [0.1, 0.15) is 5.82 Å². The van der Waals surface area contributed by atoms with Crippen LogP contribution in [0, 0.1) is 5.82 Å². The van der Waals surface area contributed by atoms with Gasteiger partial charge in [-0.05, 0) is 43.5 Å². The summed E-state index contributed by atoms with van der Waals surface area (Å²) in [5, 5.41) is 3.15. The standard InChI is InChI=1S/C15H21FN2O/c16-13-7-5-12(6-8-13)15(9-1-2-10-15)18-14(19)4-3-11-17/h5-8H,1-4,9-11,17H2,(H,18,19). The first-order chi connectivity index (χ1) is 9.16. The Labute approximate surface area is 113 Å². The first kappa shape index (κ1) is 14.0. The molecule has 1 saturated carbocycles. The molecule has 0 saturated heterocycles. The van der Waals surface area contributed by atoms with Gasteiger partial charge in [-0.15, -0.1) is 0 Å². The molecule has 3 N–H and O–H groups in total. The molecule has 1 aliphatic rings. The Bertz CT molecular complexity index is 424. The molecule has 1 aromatic rings. The second-order valence-corrected chi connectivity index (χ2v) is 5.24. The Balaban J connectivity index is 2.13. The van der Waals surface area contributed by atoms with Crippen LogP contribution in [0.1, 0.15) is 44.1 Å². The van der Waals surface area contributed by atoms with Gasteiger partial charge in [0.15, 0.2) is 0 Å². The van der Waals surface area contributed by atoms with E-state index < -0.39 is 0 Å². The van der Waals surface area contributed by atoms with E-state index in [4.69, 9.17) is 5.73 Å². The van der Waals surface area contributed by atoms with Gasteiger partial charge in [-0.25, -0.2) is 4.39 Å². The lowest BCUT2D eigenvalue weighted by Crippen LogP contribution is -2.43. The molecule has 0 atom stereocenters. The Morgan fingerprint density at radius 1 is 1.26 bits per heavy atom. The average molecular weight is 264 g/mol. The molecule has 0 spiro atoms. The van der Waals surface area contributed by atoms with Crippen LogP contribution in [0.15, 0.2) is 24.3 Å². The number of nitrogens with one attached hydrogen (secondary N) is 1. The summed E-state index contributed by atoms with van der Waals surface area (Å²) in [5.41, 5.74) is 6.12. The van der Waals surface area contributed by atoms with E-state index in [0.29, 0.717) is 19.4 Å². The van der Waals surface area contributed by atoms with Crippen molar-refractivity contribution in [3.63, 3.8) is 0 Å². The van der Waals surface area contributed by atoms with Gasteiger partial charge in [0.05, 0.1) is 5.54 Å². The predicted octanol–water partition coefficient (Wildman–Crippen LogP) is 2.45. The van der Waals surface area contributed by atoms with E-state index >= 15 is 0 Å². The second-order valence-electron chi connectivity index (χ2n) is 5.24. The van der Waals surface area contributed by atoms with Crippen LogP contribution in [-0.4, -0.2) is 12.5 Å². The number of nitrogens with two attached hydrogens (primary N) is 1. The van der Waals surface area contributed by atoms with Crippen molar-refractivity contribution < 1.29 is 9.18 Å². The van der Waals surface area contributed by atoms with Gasteiger partial charge in [-0.2, -0.15) is 0 Å². The maximum Gasteiger partial charge on any atom is 0.220 e. The third kappa shape index (κ3) is 3.32. The maximum atomic E-state index is 13.0. The van der Waals surface area contributed by atoms with E-state index in [0.717, 1.165) is 31.2 Å². The summed E-state index contributed by atoms with van der Waals surface area (Å²) in [6.45, 7) is 0.525. The Hall–Kier alpha value is -1.42. The molecular weight excluding hydrogens is 243 g/mol. The fraction of sp³-hybridized carbons (Fsp3) is 0.533. The van der Waals surface area contributed by atoms with Crippen LogP contribution in [0.5, 0.6) is 0 Å². The highest BCUT2D eigenvalue weighted by molar-refractivity contribution is 5.77. The Morgan fingerprint density at radius 2 is 1.89 bits per heavy atom. The zero-order valence-electron chi connectivity index (χ0n) is 11.1. The molecule has 0 aliphatic heterocycles. The molecule has 0 aromatic heterocycles. The van der Waals surface area contributed by atoms with E-state index in [1.54, 1.807) is 12.1 Å². The number of carbonyl (C=O) groups is 1. The van der Waals surface area contributed by atoms with Gasteiger partial charge in [-0.3, -0.25) is 4.79 Å². The van der Waals surface area contributed by atoms with Crippen molar-refractivity contribution >= 4 is 5.91 Å². The SMILES string of the molecule is NCCCC(=O)NC1(c2ccc(F)cc2)CCCC1. The van der Waals surface area contributed by atoms with Gasteiger partial charge < -0.3 is 11.1 Å². The van der Waals surface area contributed by atoms with Crippen LogP contribution in [0.3, 0.4) is 0 Å². The molecule has 19 heavy (non-hydrogen) atoms. The lowest BCUT2D eigenvalue weighted by Gasteiger charge is -2.31. The molecule has 0 heterocycles. The predicted molar refractivity (Wildman–Crippen MR) is 73.0 cm³/mol. The summed E-state index contributed by atoms with van der Waals surface area (Å²) in [5.74, 6) is -0.206. The molecule has 0 radical (unpaired) electrons.